The van der Waals surface area contributed by atoms with Crippen molar-refractivity contribution in [1.82, 2.24) is 4.90 Å². The number of aliphatic carboxylic acids is 1. The average Bonchev–Trinajstić information content (AvgIpc) is 2.15. The van der Waals surface area contributed by atoms with Crippen LogP contribution in [0.2, 0.25) is 0 Å². The van der Waals surface area contributed by atoms with Crippen LogP contribution in [-0.4, -0.2) is 45.6 Å². The molecule has 2 atom stereocenters. The van der Waals surface area contributed by atoms with Gasteiger partial charge in [0.25, 0.3) is 0 Å². The average molecular weight is 228 g/mol. The number of rotatable bonds is 1. The normalized spacial score (nSPS) is 25.9. The maximum absolute atomic E-state index is 11.2. The molecule has 1 amide bonds. The Morgan fingerprint density at radius 1 is 1.73 bits per heavy atom. The maximum Gasteiger partial charge on any atom is 0.339 e. The fraction of sp³-hybridized carbons (Fsp3) is 0.500. The van der Waals surface area contributed by atoms with Gasteiger partial charge in [0, 0.05) is 6.92 Å². The summed E-state index contributed by atoms with van der Waals surface area (Å²) in [6.45, 7) is 1.08. The molecule has 0 spiro atoms. The molecule has 0 unspecified atom stereocenters. The van der Waals surface area contributed by atoms with Gasteiger partial charge < -0.3 is 9.84 Å². The van der Waals surface area contributed by atoms with Crippen molar-refractivity contribution in [3.8, 4) is 6.07 Å². The zero-order valence-corrected chi connectivity index (χ0v) is 8.65. The van der Waals surface area contributed by atoms with Crippen LogP contribution in [0.15, 0.2) is 0 Å². The standard InChI is InChI=1S/C8H8N2O4S/c1-4(11)10-5(2-9)3-14-6(7(10)15)8(12)13/h5-6H,3H2,1H3,(H,12,13)/t5-,6-/m1/s1. The predicted octanol–water partition coefficient (Wildman–Crippen LogP) is -0.462. The van der Waals surface area contributed by atoms with Crippen molar-refractivity contribution >= 4 is 29.1 Å². The highest BCUT2D eigenvalue weighted by Gasteiger charge is 2.39. The molecule has 1 saturated heterocycles. The summed E-state index contributed by atoms with van der Waals surface area (Å²) in [6, 6.07) is 0.983. The van der Waals surface area contributed by atoms with Crippen molar-refractivity contribution in [2.75, 3.05) is 6.61 Å². The summed E-state index contributed by atoms with van der Waals surface area (Å²) in [5.74, 6) is -1.72. The van der Waals surface area contributed by atoms with E-state index in [2.05, 4.69) is 0 Å². The van der Waals surface area contributed by atoms with Crippen molar-refractivity contribution < 1.29 is 19.4 Å². The molecule has 1 aliphatic rings. The van der Waals surface area contributed by atoms with E-state index in [1.807, 2.05) is 6.07 Å². The van der Waals surface area contributed by atoms with Crippen molar-refractivity contribution in [1.29, 1.82) is 5.26 Å². The molecule has 7 heteroatoms. The number of hydrogen-bond acceptors (Lipinski definition) is 5. The van der Waals surface area contributed by atoms with Crippen LogP contribution in [0.5, 0.6) is 0 Å². The van der Waals surface area contributed by atoms with Crippen molar-refractivity contribution in [3.05, 3.63) is 0 Å². The zero-order chi connectivity index (χ0) is 11.6. The van der Waals surface area contributed by atoms with Crippen LogP contribution in [0.1, 0.15) is 6.92 Å². The lowest BCUT2D eigenvalue weighted by Gasteiger charge is -2.34. The summed E-state index contributed by atoms with van der Waals surface area (Å²) in [7, 11) is 0. The lowest BCUT2D eigenvalue weighted by atomic mass is 10.2. The topological polar surface area (TPSA) is 90.6 Å². The number of carbonyl (C=O) groups excluding carboxylic acids is 1. The number of thiocarbonyl (C=S) groups is 1. The van der Waals surface area contributed by atoms with Gasteiger partial charge in [-0.25, -0.2) is 4.79 Å². The lowest BCUT2D eigenvalue weighted by molar-refractivity contribution is -0.149. The van der Waals surface area contributed by atoms with Crippen LogP contribution in [0, 0.1) is 11.3 Å². The number of carboxylic acids is 1. The molecule has 0 radical (unpaired) electrons. The summed E-state index contributed by atoms with van der Waals surface area (Å²) in [6.07, 6.45) is -1.33. The number of nitriles is 1. The quantitative estimate of drug-likeness (QED) is 0.610. The molecule has 1 heterocycles. The number of nitrogens with zero attached hydrogens (tertiary/aromatic N) is 2. The molecule has 0 aromatic heterocycles. The Labute approximate surface area is 91.0 Å². The molecule has 0 aliphatic carbocycles. The minimum absolute atomic E-state index is 0.146. The molecule has 15 heavy (non-hydrogen) atoms. The molecule has 0 aromatic rings. The van der Waals surface area contributed by atoms with E-state index in [-0.39, 0.29) is 11.6 Å². The predicted molar refractivity (Wildman–Crippen MR) is 51.9 cm³/mol. The third-order valence-corrected chi connectivity index (χ3v) is 2.32. The van der Waals surface area contributed by atoms with Gasteiger partial charge >= 0.3 is 5.97 Å². The van der Waals surface area contributed by atoms with Gasteiger partial charge in [-0.1, -0.05) is 12.2 Å². The third kappa shape index (κ3) is 2.11. The molecular formula is C8H8N2O4S. The highest BCUT2D eigenvalue weighted by molar-refractivity contribution is 7.80. The van der Waals surface area contributed by atoms with Gasteiger partial charge in [0.2, 0.25) is 12.0 Å². The second kappa shape index (κ2) is 4.33. The Morgan fingerprint density at radius 3 is 2.73 bits per heavy atom. The fourth-order valence-corrected chi connectivity index (χ4v) is 1.68. The summed E-state index contributed by atoms with van der Waals surface area (Å²) < 4.78 is 4.88. The number of hydrogen-bond donors (Lipinski definition) is 1. The van der Waals surface area contributed by atoms with Gasteiger partial charge in [-0.3, -0.25) is 9.69 Å². The van der Waals surface area contributed by atoms with Crippen LogP contribution in [0.25, 0.3) is 0 Å². The summed E-state index contributed by atoms with van der Waals surface area (Å²) in [4.78, 5) is 22.7. The Balaban J connectivity index is 2.97. The second-order valence-corrected chi connectivity index (χ2v) is 3.34. The van der Waals surface area contributed by atoms with Crippen LogP contribution in [0.3, 0.4) is 0 Å². The summed E-state index contributed by atoms with van der Waals surface area (Å²) >= 11 is 4.79. The van der Waals surface area contributed by atoms with E-state index in [9.17, 15) is 9.59 Å². The molecular weight excluding hydrogens is 220 g/mol. The number of carboxylic acid groups (broad SMARTS) is 1. The Morgan fingerprint density at radius 2 is 2.33 bits per heavy atom. The smallest absolute Gasteiger partial charge is 0.339 e. The highest BCUT2D eigenvalue weighted by Crippen LogP contribution is 2.15. The SMILES string of the molecule is CC(=O)N1C(=S)[C@H](C(=O)O)OC[C@H]1C#N. The van der Waals surface area contributed by atoms with E-state index < -0.39 is 24.0 Å². The Kier molecular flexibility index (Phi) is 3.34. The van der Waals surface area contributed by atoms with E-state index in [1.165, 1.54) is 6.92 Å². The van der Waals surface area contributed by atoms with Gasteiger partial charge in [-0.2, -0.15) is 5.26 Å². The van der Waals surface area contributed by atoms with Gasteiger partial charge in [0.15, 0.2) is 0 Å². The second-order valence-electron chi connectivity index (χ2n) is 2.92. The maximum atomic E-state index is 11.2. The number of morpholine rings is 1. The lowest BCUT2D eigenvalue weighted by Crippen LogP contribution is -2.56. The molecule has 0 aromatic carbocycles. The third-order valence-electron chi connectivity index (χ3n) is 1.91. The summed E-state index contributed by atoms with van der Waals surface area (Å²) in [5, 5.41) is 17.5. The minimum atomic E-state index is -1.33. The number of amides is 1. The number of ether oxygens (including phenoxy) is 1. The molecule has 1 aliphatic heterocycles. The Bertz CT molecular complexity index is 362. The molecule has 1 rings (SSSR count). The first kappa shape index (κ1) is 11.6. The van der Waals surface area contributed by atoms with E-state index in [0.29, 0.717) is 0 Å². The first-order chi connectivity index (χ1) is 6.99. The number of carbonyl (C=O) groups is 2. The molecule has 6 nitrogen and oxygen atoms in total. The van der Waals surface area contributed by atoms with E-state index in [4.69, 9.17) is 27.3 Å². The van der Waals surface area contributed by atoms with Crippen molar-refractivity contribution in [2.24, 2.45) is 0 Å². The van der Waals surface area contributed by atoms with Gasteiger partial charge in [0.05, 0.1) is 12.7 Å². The van der Waals surface area contributed by atoms with Gasteiger partial charge in [-0.05, 0) is 0 Å². The van der Waals surface area contributed by atoms with Crippen LogP contribution in [-0.2, 0) is 14.3 Å². The van der Waals surface area contributed by atoms with Crippen LogP contribution < -0.4 is 0 Å². The molecule has 1 fully saturated rings. The van der Waals surface area contributed by atoms with Crippen LogP contribution >= 0.6 is 12.2 Å². The van der Waals surface area contributed by atoms with Crippen molar-refractivity contribution in [3.63, 3.8) is 0 Å². The summed E-state index contributed by atoms with van der Waals surface area (Å²) in [5.41, 5.74) is 0. The van der Waals surface area contributed by atoms with Crippen LogP contribution in [0.4, 0.5) is 0 Å². The highest BCUT2D eigenvalue weighted by atomic mass is 32.1. The van der Waals surface area contributed by atoms with E-state index in [1.54, 1.807) is 0 Å². The van der Waals surface area contributed by atoms with E-state index in [0.717, 1.165) is 4.90 Å². The molecule has 0 saturated carbocycles. The first-order valence-electron chi connectivity index (χ1n) is 4.06. The minimum Gasteiger partial charge on any atom is -0.479 e. The Hall–Kier alpha value is -1.52. The monoisotopic (exact) mass is 228 g/mol. The van der Waals surface area contributed by atoms with E-state index >= 15 is 0 Å². The van der Waals surface area contributed by atoms with Gasteiger partial charge in [-0.15, -0.1) is 0 Å². The fourth-order valence-electron chi connectivity index (χ4n) is 1.26. The molecule has 80 valence electrons. The molecule has 0 bridgehead atoms. The first-order valence-corrected chi connectivity index (χ1v) is 4.47. The molecule has 1 N–H and O–H groups in total. The van der Waals surface area contributed by atoms with Gasteiger partial charge in [0.1, 0.15) is 11.0 Å². The largest absolute Gasteiger partial charge is 0.479 e. The van der Waals surface area contributed by atoms with Crippen molar-refractivity contribution in [2.45, 2.75) is 19.1 Å². The zero-order valence-electron chi connectivity index (χ0n) is 7.84.